The van der Waals surface area contributed by atoms with Crippen molar-refractivity contribution in [2.24, 2.45) is 0 Å². The van der Waals surface area contributed by atoms with Gasteiger partial charge < -0.3 is 10.4 Å². The minimum Gasteiger partial charge on any atom is -0.476 e. The van der Waals surface area contributed by atoms with E-state index in [1.165, 1.54) is 16.0 Å². The summed E-state index contributed by atoms with van der Waals surface area (Å²) >= 11 is 1.70. The van der Waals surface area contributed by atoms with Crippen molar-refractivity contribution in [1.29, 1.82) is 0 Å². The molecule has 0 aliphatic heterocycles. The van der Waals surface area contributed by atoms with Gasteiger partial charge in [0.2, 0.25) is 0 Å². The zero-order valence-electron chi connectivity index (χ0n) is 10.2. The summed E-state index contributed by atoms with van der Waals surface area (Å²) in [4.78, 5) is 17.3. The number of pyridine rings is 1. The van der Waals surface area contributed by atoms with Crippen LogP contribution in [0, 0.1) is 6.92 Å². The van der Waals surface area contributed by atoms with E-state index in [1.54, 1.807) is 23.5 Å². The molecule has 0 aliphatic carbocycles. The molecule has 0 fully saturated rings. The van der Waals surface area contributed by atoms with Crippen LogP contribution in [0.2, 0.25) is 0 Å². The molecule has 1 unspecified atom stereocenters. The van der Waals surface area contributed by atoms with Crippen molar-refractivity contribution >= 4 is 23.0 Å². The van der Waals surface area contributed by atoms with E-state index in [4.69, 9.17) is 5.11 Å². The van der Waals surface area contributed by atoms with E-state index in [2.05, 4.69) is 22.4 Å². The second-order valence-corrected chi connectivity index (χ2v) is 5.34. The Morgan fingerprint density at radius 1 is 1.44 bits per heavy atom. The van der Waals surface area contributed by atoms with E-state index < -0.39 is 5.97 Å². The van der Waals surface area contributed by atoms with Crippen LogP contribution in [0.3, 0.4) is 0 Å². The highest BCUT2D eigenvalue weighted by molar-refractivity contribution is 7.12. The Hall–Kier alpha value is -1.88. The number of hydrogen-bond acceptors (Lipinski definition) is 4. The second kappa shape index (κ2) is 5.18. The summed E-state index contributed by atoms with van der Waals surface area (Å²) in [5.41, 5.74) is 0.598. The van der Waals surface area contributed by atoms with Crippen LogP contribution in [0.5, 0.6) is 0 Å². The quantitative estimate of drug-likeness (QED) is 0.887. The van der Waals surface area contributed by atoms with Crippen molar-refractivity contribution in [2.45, 2.75) is 19.9 Å². The van der Waals surface area contributed by atoms with Gasteiger partial charge in [-0.1, -0.05) is 0 Å². The Kier molecular flexibility index (Phi) is 3.62. The van der Waals surface area contributed by atoms with Crippen LogP contribution in [0.4, 0.5) is 5.69 Å². The second-order valence-electron chi connectivity index (χ2n) is 4.02. The fraction of sp³-hybridized carbons (Fsp3) is 0.231. The topological polar surface area (TPSA) is 62.2 Å². The molecule has 2 heterocycles. The molecule has 0 saturated heterocycles. The average molecular weight is 262 g/mol. The maximum Gasteiger partial charge on any atom is 0.356 e. The molecule has 0 spiro atoms. The molecule has 0 radical (unpaired) electrons. The highest BCUT2D eigenvalue weighted by atomic mass is 32.1. The number of nitrogens with one attached hydrogen (secondary N) is 1. The number of carboxylic acids is 1. The van der Waals surface area contributed by atoms with Gasteiger partial charge in [-0.05, 0) is 38.1 Å². The van der Waals surface area contributed by atoms with Crippen LogP contribution in [-0.4, -0.2) is 16.1 Å². The number of carboxylic acid groups (broad SMARTS) is 1. The first kappa shape index (κ1) is 12.6. The number of hydrogen-bond donors (Lipinski definition) is 2. The maximum atomic E-state index is 11.0. The van der Waals surface area contributed by atoms with Crippen molar-refractivity contribution in [3.8, 4) is 0 Å². The normalized spacial score (nSPS) is 12.1. The van der Waals surface area contributed by atoms with E-state index in [0.29, 0.717) is 5.69 Å². The zero-order chi connectivity index (χ0) is 13.1. The lowest BCUT2D eigenvalue weighted by Gasteiger charge is -2.14. The summed E-state index contributed by atoms with van der Waals surface area (Å²) in [6.07, 6.45) is 1.48. The number of aromatic carboxylic acids is 1. The van der Waals surface area contributed by atoms with Crippen molar-refractivity contribution in [3.63, 3.8) is 0 Å². The fourth-order valence-electron chi connectivity index (χ4n) is 1.68. The number of rotatable bonds is 4. The number of aryl methyl sites for hydroxylation is 1. The van der Waals surface area contributed by atoms with Gasteiger partial charge in [-0.15, -0.1) is 11.3 Å². The SMILES string of the molecule is Cc1ccc(C(C)Nc2cccnc2C(=O)O)s1. The molecular weight excluding hydrogens is 248 g/mol. The summed E-state index contributed by atoms with van der Waals surface area (Å²) in [7, 11) is 0. The fourth-order valence-corrected chi connectivity index (χ4v) is 2.56. The van der Waals surface area contributed by atoms with Gasteiger partial charge in [0.25, 0.3) is 0 Å². The summed E-state index contributed by atoms with van der Waals surface area (Å²) in [6, 6.07) is 7.62. The van der Waals surface area contributed by atoms with Crippen LogP contribution in [0.15, 0.2) is 30.5 Å². The van der Waals surface area contributed by atoms with E-state index in [9.17, 15) is 4.79 Å². The standard InChI is InChI=1S/C13H14N2O2S/c1-8-5-6-11(18-8)9(2)15-10-4-3-7-14-12(10)13(16)17/h3-7,9,15H,1-2H3,(H,16,17). The maximum absolute atomic E-state index is 11.0. The monoisotopic (exact) mass is 262 g/mol. The third-order valence-electron chi connectivity index (χ3n) is 2.57. The van der Waals surface area contributed by atoms with Gasteiger partial charge in [0.15, 0.2) is 5.69 Å². The van der Waals surface area contributed by atoms with Gasteiger partial charge in [0.05, 0.1) is 11.7 Å². The van der Waals surface area contributed by atoms with Crippen LogP contribution in [-0.2, 0) is 0 Å². The summed E-state index contributed by atoms with van der Waals surface area (Å²) in [5.74, 6) is -1.02. The van der Waals surface area contributed by atoms with Crippen molar-refractivity contribution < 1.29 is 9.90 Å². The van der Waals surface area contributed by atoms with Gasteiger partial charge in [-0.3, -0.25) is 0 Å². The third kappa shape index (κ3) is 2.68. The Morgan fingerprint density at radius 2 is 2.22 bits per heavy atom. The van der Waals surface area contributed by atoms with E-state index in [-0.39, 0.29) is 11.7 Å². The van der Waals surface area contributed by atoms with Crippen molar-refractivity contribution in [2.75, 3.05) is 5.32 Å². The predicted octanol–water partition coefficient (Wildman–Crippen LogP) is 3.32. The number of thiophene rings is 1. The zero-order valence-corrected chi connectivity index (χ0v) is 11.0. The Balaban J connectivity index is 2.21. The molecule has 1 atom stereocenters. The van der Waals surface area contributed by atoms with Crippen LogP contribution in [0.1, 0.15) is 33.2 Å². The third-order valence-corrected chi connectivity index (χ3v) is 3.75. The smallest absolute Gasteiger partial charge is 0.356 e. The molecule has 0 amide bonds. The number of nitrogens with zero attached hydrogens (tertiary/aromatic N) is 1. The lowest BCUT2D eigenvalue weighted by molar-refractivity contribution is 0.0691. The first-order valence-electron chi connectivity index (χ1n) is 5.59. The predicted molar refractivity (Wildman–Crippen MR) is 72.3 cm³/mol. The lowest BCUT2D eigenvalue weighted by atomic mass is 10.2. The number of anilines is 1. The minimum atomic E-state index is -1.02. The molecule has 0 saturated carbocycles. The van der Waals surface area contributed by atoms with E-state index >= 15 is 0 Å². The van der Waals surface area contributed by atoms with Crippen molar-refractivity contribution in [3.05, 3.63) is 45.9 Å². The molecule has 0 aromatic carbocycles. The van der Waals surface area contributed by atoms with E-state index in [1.807, 2.05) is 13.8 Å². The van der Waals surface area contributed by atoms with Gasteiger partial charge in [-0.25, -0.2) is 9.78 Å². The first-order chi connectivity index (χ1) is 8.58. The number of carbonyl (C=O) groups is 1. The Morgan fingerprint density at radius 3 is 2.83 bits per heavy atom. The van der Waals surface area contributed by atoms with Gasteiger partial charge in [0, 0.05) is 16.0 Å². The molecule has 2 aromatic heterocycles. The van der Waals surface area contributed by atoms with Gasteiger partial charge >= 0.3 is 5.97 Å². The molecule has 4 nitrogen and oxygen atoms in total. The van der Waals surface area contributed by atoms with E-state index in [0.717, 1.165) is 0 Å². The summed E-state index contributed by atoms with van der Waals surface area (Å²) in [5, 5.41) is 12.2. The summed E-state index contributed by atoms with van der Waals surface area (Å²) in [6.45, 7) is 4.05. The summed E-state index contributed by atoms with van der Waals surface area (Å²) < 4.78 is 0. The Bertz CT molecular complexity index is 566. The molecule has 94 valence electrons. The lowest BCUT2D eigenvalue weighted by Crippen LogP contribution is -2.11. The van der Waals surface area contributed by atoms with Crippen molar-refractivity contribution in [1.82, 2.24) is 4.98 Å². The molecule has 5 heteroatoms. The molecule has 2 N–H and O–H groups in total. The molecule has 2 aromatic rings. The molecule has 18 heavy (non-hydrogen) atoms. The van der Waals surface area contributed by atoms with Gasteiger partial charge in [-0.2, -0.15) is 0 Å². The Labute approximate surface area is 109 Å². The first-order valence-corrected chi connectivity index (χ1v) is 6.41. The largest absolute Gasteiger partial charge is 0.476 e. The number of aromatic nitrogens is 1. The molecule has 0 bridgehead atoms. The van der Waals surface area contributed by atoms with Crippen LogP contribution in [0.25, 0.3) is 0 Å². The van der Waals surface area contributed by atoms with Crippen LogP contribution < -0.4 is 5.32 Å². The van der Waals surface area contributed by atoms with Crippen LogP contribution >= 0.6 is 11.3 Å². The molecule has 0 aliphatic rings. The minimum absolute atomic E-state index is 0.0534. The molecule has 2 rings (SSSR count). The highest BCUT2D eigenvalue weighted by Crippen LogP contribution is 2.26. The highest BCUT2D eigenvalue weighted by Gasteiger charge is 2.14. The van der Waals surface area contributed by atoms with Gasteiger partial charge in [0.1, 0.15) is 0 Å². The molecular formula is C13H14N2O2S. The average Bonchev–Trinajstić information content (AvgIpc) is 2.76.